The van der Waals surface area contributed by atoms with Gasteiger partial charge in [-0.05, 0) is 19.3 Å². The summed E-state index contributed by atoms with van der Waals surface area (Å²) in [6, 6.07) is -0.175. The van der Waals surface area contributed by atoms with E-state index >= 15 is 0 Å². The van der Waals surface area contributed by atoms with Gasteiger partial charge in [0.25, 0.3) is 0 Å². The summed E-state index contributed by atoms with van der Waals surface area (Å²) >= 11 is 0. The second-order valence-corrected chi connectivity index (χ2v) is 5.17. The molecule has 3 rings (SSSR count). The number of nitrogens with zero attached hydrogens (tertiary/aromatic N) is 1. The lowest BCUT2D eigenvalue weighted by Gasteiger charge is -2.15. The van der Waals surface area contributed by atoms with Gasteiger partial charge in [0.1, 0.15) is 17.4 Å². The van der Waals surface area contributed by atoms with Crippen LogP contribution in [0.2, 0.25) is 0 Å². The first-order valence-electron chi connectivity index (χ1n) is 6.82. The van der Waals surface area contributed by atoms with Gasteiger partial charge >= 0.3 is 0 Å². The summed E-state index contributed by atoms with van der Waals surface area (Å²) < 4.78 is 5.52. The molecule has 0 bridgehead atoms. The van der Waals surface area contributed by atoms with Crippen molar-refractivity contribution in [2.45, 2.75) is 57.5 Å². The average molecular weight is 249 g/mol. The number of carbonyl (C=O) groups is 1. The largest absolute Gasteiger partial charge is 0.369 e. The normalized spacial score (nSPS) is 24.3. The zero-order valence-corrected chi connectivity index (χ0v) is 10.7. The topological polar surface area (TPSA) is 67.2 Å². The van der Waals surface area contributed by atoms with Crippen LogP contribution in [0.25, 0.3) is 0 Å². The molecule has 1 aromatic rings. The summed E-state index contributed by atoms with van der Waals surface area (Å²) in [5.41, 5.74) is 1.80. The molecular formula is C13H19N3O2. The highest BCUT2D eigenvalue weighted by atomic mass is 16.5. The molecule has 0 saturated heterocycles. The molecule has 1 aliphatic heterocycles. The van der Waals surface area contributed by atoms with Crippen molar-refractivity contribution in [3.05, 3.63) is 11.5 Å². The minimum absolute atomic E-state index is 0.0490. The van der Waals surface area contributed by atoms with Crippen molar-refractivity contribution >= 4 is 11.6 Å². The summed E-state index contributed by atoms with van der Waals surface area (Å²) in [6.07, 6.45) is 5.62. The molecule has 18 heavy (non-hydrogen) atoms. The van der Waals surface area contributed by atoms with Crippen LogP contribution >= 0.6 is 0 Å². The molecule has 2 heterocycles. The van der Waals surface area contributed by atoms with Crippen LogP contribution in [0, 0.1) is 0 Å². The summed E-state index contributed by atoms with van der Waals surface area (Å²) in [6.45, 7) is 2.47. The number of anilines is 1. The Labute approximate surface area is 106 Å². The highest BCUT2D eigenvalue weighted by Crippen LogP contribution is 2.39. The summed E-state index contributed by atoms with van der Waals surface area (Å²) in [5.74, 6) is 1.48. The van der Waals surface area contributed by atoms with Gasteiger partial charge in [0.15, 0.2) is 5.76 Å². The number of amides is 1. The van der Waals surface area contributed by atoms with Gasteiger partial charge in [0.2, 0.25) is 5.91 Å². The Bertz CT molecular complexity index is 449. The van der Waals surface area contributed by atoms with E-state index in [9.17, 15) is 4.79 Å². The smallest absolute Gasteiger partial charge is 0.242 e. The van der Waals surface area contributed by atoms with Crippen molar-refractivity contribution in [2.75, 3.05) is 5.32 Å². The van der Waals surface area contributed by atoms with Crippen LogP contribution in [0.3, 0.4) is 0 Å². The Morgan fingerprint density at radius 1 is 1.39 bits per heavy atom. The van der Waals surface area contributed by atoms with Crippen LogP contribution in [0.5, 0.6) is 0 Å². The molecule has 1 unspecified atom stereocenters. The molecular weight excluding hydrogens is 230 g/mol. The molecule has 5 nitrogen and oxygen atoms in total. The third-order valence-electron chi connectivity index (χ3n) is 3.99. The molecule has 98 valence electrons. The van der Waals surface area contributed by atoms with Crippen molar-refractivity contribution in [1.82, 2.24) is 10.5 Å². The number of fused-ring (bicyclic) bond motifs is 1. The van der Waals surface area contributed by atoms with E-state index in [2.05, 4.69) is 15.8 Å². The molecule has 0 spiro atoms. The highest BCUT2D eigenvalue weighted by molar-refractivity contribution is 5.86. The molecule has 1 amide bonds. The van der Waals surface area contributed by atoms with E-state index in [-0.39, 0.29) is 11.9 Å². The van der Waals surface area contributed by atoms with Gasteiger partial charge in [0, 0.05) is 5.92 Å². The van der Waals surface area contributed by atoms with Crippen LogP contribution in [0.4, 0.5) is 5.69 Å². The van der Waals surface area contributed by atoms with Crippen LogP contribution in [0.1, 0.15) is 56.4 Å². The molecule has 1 fully saturated rings. The van der Waals surface area contributed by atoms with Crippen molar-refractivity contribution in [3.8, 4) is 0 Å². The van der Waals surface area contributed by atoms with Gasteiger partial charge in [-0.2, -0.15) is 0 Å². The Morgan fingerprint density at radius 2 is 2.17 bits per heavy atom. The number of aromatic nitrogens is 1. The monoisotopic (exact) mass is 249 g/mol. The first-order chi connectivity index (χ1) is 8.79. The quantitative estimate of drug-likeness (QED) is 0.842. The van der Waals surface area contributed by atoms with E-state index in [1.165, 1.54) is 25.7 Å². The molecule has 1 saturated carbocycles. The lowest BCUT2D eigenvalue weighted by molar-refractivity contribution is -0.121. The van der Waals surface area contributed by atoms with E-state index in [0.29, 0.717) is 12.5 Å². The van der Waals surface area contributed by atoms with E-state index in [1.54, 1.807) is 0 Å². The Kier molecular flexibility index (Phi) is 2.97. The maximum absolute atomic E-state index is 11.8. The van der Waals surface area contributed by atoms with E-state index in [4.69, 9.17) is 4.52 Å². The molecule has 1 aliphatic carbocycles. The van der Waals surface area contributed by atoms with Crippen LogP contribution < -0.4 is 10.6 Å². The van der Waals surface area contributed by atoms with Crippen LogP contribution in [0.15, 0.2) is 4.52 Å². The summed E-state index contributed by atoms with van der Waals surface area (Å²) in [7, 11) is 0. The first kappa shape index (κ1) is 11.6. The van der Waals surface area contributed by atoms with Gasteiger partial charge in [-0.1, -0.05) is 24.9 Å². The van der Waals surface area contributed by atoms with Gasteiger partial charge in [-0.15, -0.1) is 0 Å². The minimum Gasteiger partial charge on any atom is -0.369 e. The fraction of sp³-hybridized carbons (Fsp3) is 0.692. The Morgan fingerprint density at radius 3 is 2.89 bits per heavy atom. The fourth-order valence-corrected chi connectivity index (χ4v) is 2.90. The Hall–Kier alpha value is -1.52. The number of rotatable bonds is 2. The molecule has 0 radical (unpaired) electrons. The maximum atomic E-state index is 11.8. The van der Waals surface area contributed by atoms with E-state index in [0.717, 1.165) is 23.6 Å². The number of hydrogen-bond donors (Lipinski definition) is 2. The molecule has 1 aromatic heterocycles. The highest BCUT2D eigenvalue weighted by Gasteiger charge is 2.31. The second-order valence-electron chi connectivity index (χ2n) is 5.17. The third kappa shape index (κ3) is 1.87. The SMILES string of the molecule is CCC1Nc2c(noc2C2CCCC2)CNC1=O. The van der Waals surface area contributed by atoms with Crippen molar-refractivity contribution in [1.29, 1.82) is 0 Å². The van der Waals surface area contributed by atoms with E-state index < -0.39 is 0 Å². The number of carbonyl (C=O) groups excluding carboxylic acids is 1. The second kappa shape index (κ2) is 4.63. The predicted octanol–water partition coefficient (Wildman–Crippen LogP) is 2.15. The zero-order valence-electron chi connectivity index (χ0n) is 10.7. The van der Waals surface area contributed by atoms with Crippen molar-refractivity contribution < 1.29 is 9.32 Å². The molecule has 2 N–H and O–H groups in total. The molecule has 1 atom stereocenters. The van der Waals surface area contributed by atoms with Crippen LogP contribution in [-0.2, 0) is 11.3 Å². The van der Waals surface area contributed by atoms with Gasteiger partial charge in [-0.25, -0.2) is 0 Å². The number of hydrogen-bond acceptors (Lipinski definition) is 4. The van der Waals surface area contributed by atoms with Gasteiger partial charge in [-0.3, -0.25) is 4.79 Å². The minimum atomic E-state index is -0.175. The lowest BCUT2D eigenvalue weighted by atomic mass is 10.0. The molecule has 5 heteroatoms. The van der Waals surface area contributed by atoms with Crippen molar-refractivity contribution in [3.63, 3.8) is 0 Å². The zero-order chi connectivity index (χ0) is 12.5. The molecule has 0 aromatic carbocycles. The van der Waals surface area contributed by atoms with E-state index in [1.807, 2.05) is 6.92 Å². The van der Waals surface area contributed by atoms with Crippen LogP contribution in [-0.4, -0.2) is 17.1 Å². The van der Waals surface area contributed by atoms with Crippen molar-refractivity contribution in [2.24, 2.45) is 0 Å². The Balaban J connectivity index is 1.91. The lowest BCUT2D eigenvalue weighted by Crippen LogP contribution is -2.36. The summed E-state index contributed by atoms with van der Waals surface area (Å²) in [4.78, 5) is 11.8. The summed E-state index contributed by atoms with van der Waals surface area (Å²) in [5, 5.41) is 10.3. The fourth-order valence-electron chi connectivity index (χ4n) is 2.90. The molecule has 2 aliphatic rings. The maximum Gasteiger partial charge on any atom is 0.242 e. The van der Waals surface area contributed by atoms with Gasteiger partial charge < -0.3 is 15.2 Å². The predicted molar refractivity (Wildman–Crippen MR) is 67.3 cm³/mol. The number of nitrogens with one attached hydrogen (secondary N) is 2. The first-order valence-corrected chi connectivity index (χ1v) is 6.82. The average Bonchev–Trinajstić information content (AvgIpc) is 2.99. The third-order valence-corrected chi connectivity index (χ3v) is 3.99. The van der Waals surface area contributed by atoms with Gasteiger partial charge in [0.05, 0.1) is 6.54 Å². The standard InChI is InChI=1S/C13H19N3O2/c1-2-9-13(17)14-7-10-11(15-9)12(18-16-10)8-5-3-4-6-8/h8-9,15H,2-7H2,1H3,(H,14,17).